The van der Waals surface area contributed by atoms with Gasteiger partial charge in [0.15, 0.2) is 11.5 Å². The average Bonchev–Trinajstić information content (AvgIpc) is 2.75. The van der Waals surface area contributed by atoms with E-state index in [0.29, 0.717) is 24.5 Å². The first-order chi connectivity index (χ1) is 14.1. The smallest absolute Gasteiger partial charge is 0.320 e. The lowest BCUT2D eigenvalue weighted by molar-refractivity contribution is -0.145. The molecule has 1 aliphatic rings. The molecule has 2 aromatic rings. The summed E-state index contributed by atoms with van der Waals surface area (Å²) in [6.07, 6.45) is 2.55. The molecular formula is C23H29NO5. The zero-order valence-electron chi connectivity index (χ0n) is 17.3. The Bertz CT molecular complexity index is 821. The van der Waals surface area contributed by atoms with Gasteiger partial charge in [-0.2, -0.15) is 0 Å². The Morgan fingerprint density at radius 2 is 1.79 bits per heavy atom. The van der Waals surface area contributed by atoms with Crippen LogP contribution in [0.4, 0.5) is 0 Å². The minimum atomic E-state index is -0.776. The third-order valence-electron chi connectivity index (χ3n) is 5.40. The maximum Gasteiger partial charge on any atom is 0.320 e. The molecule has 0 amide bonds. The maximum absolute atomic E-state index is 12.0. The molecule has 1 aliphatic heterocycles. The molecule has 156 valence electrons. The van der Waals surface area contributed by atoms with E-state index in [9.17, 15) is 9.90 Å². The van der Waals surface area contributed by atoms with Crippen molar-refractivity contribution >= 4 is 5.97 Å². The predicted octanol–water partition coefficient (Wildman–Crippen LogP) is 4.13. The Balaban J connectivity index is 2.09. The van der Waals surface area contributed by atoms with Crippen LogP contribution in [0.15, 0.2) is 42.5 Å². The molecule has 1 heterocycles. The van der Waals surface area contributed by atoms with Gasteiger partial charge >= 0.3 is 5.97 Å². The Kier molecular flexibility index (Phi) is 6.99. The van der Waals surface area contributed by atoms with Gasteiger partial charge in [0.2, 0.25) is 0 Å². The third kappa shape index (κ3) is 4.65. The molecule has 0 radical (unpaired) electrons. The molecule has 1 fully saturated rings. The average molecular weight is 399 g/mol. The maximum atomic E-state index is 12.0. The van der Waals surface area contributed by atoms with E-state index in [1.54, 1.807) is 14.2 Å². The fraction of sp³-hybridized carbons (Fsp3) is 0.435. The first-order valence-corrected chi connectivity index (χ1v) is 10.0. The van der Waals surface area contributed by atoms with E-state index in [4.69, 9.17) is 14.2 Å². The molecule has 1 saturated heterocycles. The largest absolute Gasteiger partial charge is 0.497 e. The van der Waals surface area contributed by atoms with Crippen molar-refractivity contribution in [1.29, 1.82) is 0 Å². The van der Waals surface area contributed by atoms with Crippen molar-refractivity contribution in [2.45, 2.75) is 38.3 Å². The first kappa shape index (κ1) is 21.0. The summed E-state index contributed by atoms with van der Waals surface area (Å²) in [5, 5.41) is 9.85. The number of aliphatic carboxylic acids is 1. The number of likely N-dealkylation sites (tertiary alicyclic amines) is 1. The zero-order chi connectivity index (χ0) is 20.8. The quantitative estimate of drug-likeness (QED) is 0.720. The van der Waals surface area contributed by atoms with Gasteiger partial charge < -0.3 is 19.3 Å². The number of carboxylic acid groups (broad SMARTS) is 1. The molecule has 0 spiro atoms. The van der Waals surface area contributed by atoms with Gasteiger partial charge in [-0.15, -0.1) is 0 Å². The van der Waals surface area contributed by atoms with Crippen LogP contribution in [0.3, 0.4) is 0 Å². The van der Waals surface area contributed by atoms with Crippen LogP contribution in [-0.2, 0) is 4.79 Å². The van der Waals surface area contributed by atoms with Crippen LogP contribution >= 0.6 is 0 Å². The van der Waals surface area contributed by atoms with Gasteiger partial charge in [-0.05, 0) is 61.7 Å². The summed E-state index contributed by atoms with van der Waals surface area (Å²) < 4.78 is 16.5. The van der Waals surface area contributed by atoms with Crippen molar-refractivity contribution < 1.29 is 24.1 Å². The second kappa shape index (κ2) is 9.65. The van der Waals surface area contributed by atoms with Crippen LogP contribution < -0.4 is 14.2 Å². The molecule has 2 unspecified atom stereocenters. The minimum Gasteiger partial charge on any atom is -0.497 e. The summed E-state index contributed by atoms with van der Waals surface area (Å²) >= 11 is 0. The summed E-state index contributed by atoms with van der Waals surface area (Å²) in [7, 11) is 3.25. The standard InChI is InChI=1S/C23H29NO5/c1-4-29-21-15-17(10-13-20(21)28-3)22(16-8-11-18(27-2)12-9-16)24-14-6-5-7-19(24)23(25)26/h8-13,15,19,22H,4-7,14H2,1-3H3,(H,25,26). The van der Waals surface area contributed by atoms with Gasteiger partial charge in [-0.3, -0.25) is 9.69 Å². The van der Waals surface area contributed by atoms with E-state index in [-0.39, 0.29) is 6.04 Å². The molecule has 6 nitrogen and oxygen atoms in total. The highest BCUT2D eigenvalue weighted by Gasteiger charge is 2.35. The summed E-state index contributed by atoms with van der Waals surface area (Å²) in [6, 6.07) is 12.9. The van der Waals surface area contributed by atoms with E-state index in [2.05, 4.69) is 4.90 Å². The molecule has 0 saturated carbocycles. The number of piperidine rings is 1. The van der Waals surface area contributed by atoms with E-state index in [0.717, 1.165) is 36.3 Å². The first-order valence-electron chi connectivity index (χ1n) is 10.0. The van der Waals surface area contributed by atoms with Gasteiger partial charge in [0.25, 0.3) is 0 Å². The van der Waals surface area contributed by atoms with E-state index in [1.807, 2.05) is 49.4 Å². The highest BCUT2D eigenvalue weighted by molar-refractivity contribution is 5.73. The van der Waals surface area contributed by atoms with Crippen LogP contribution in [0, 0.1) is 0 Å². The topological polar surface area (TPSA) is 68.2 Å². The summed E-state index contributed by atoms with van der Waals surface area (Å²) in [4.78, 5) is 14.1. The summed E-state index contributed by atoms with van der Waals surface area (Å²) in [5.74, 6) is 1.32. The van der Waals surface area contributed by atoms with E-state index < -0.39 is 12.0 Å². The van der Waals surface area contributed by atoms with Crippen LogP contribution in [0.1, 0.15) is 43.4 Å². The predicted molar refractivity (Wildman–Crippen MR) is 111 cm³/mol. The van der Waals surface area contributed by atoms with Crippen molar-refractivity contribution in [2.75, 3.05) is 27.4 Å². The molecule has 2 atom stereocenters. The molecule has 2 aromatic carbocycles. The molecule has 0 bridgehead atoms. The number of rotatable bonds is 8. The fourth-order valence-electron chi connectivity index (χ4n) is 4.02. The van der Waals surface area contributed by atoms with Gasteiger partial charge in [0.1, 0.15) is 11.8 Å². The Morgan fingerprint density at radius 1 is 1.07 bits per heavy atom. The second-order valence-electron chi connectivity index (χ2n) is 7.11. The van der Waals surface area contributed by atoms with Gasteiger partial charge in [0.05, 0.1) is 26.9 Å². The van der Waals surface area contributed by atoms with Crippen LogP contribution in [0.25, 0.3) is 0 Å². The SMILES string of the molecule is CCOc1cc(C(c2ccc(OC)cc2)N2CCCCC2C(=O)O)ccc1OC. The van der Waals surface area contributed by atoms with Crippen molar-refractivity contribution in [3.63, 3.8) is 0 Å². The highest BCUT2D eigenvalue weighted by atomic mass is 16.5. The lowest BCUT2D eigenvalue weighted by Gasteiger charge is -2.39. The molecule has 3 rings (SSSR count). The molecule has 0 aliphatic carbocycles. The molecule has 29 heavy (non-hydrogen) atoms. The highest BCUT2D eigenvalue weighted by Crippen LogP contribution is 2.38. The number of hydrogen-bond acceptors (Lipinski definition) is 5. The normalized spacial score (nSPS) is 18.1. The molecule has 0 aromatic heterocycles. The Morgan fingerprint density at radius 3 is 2.41 bits per heavy atom. The summed E-state index contributed by atoms with van der Waals surface area (Å²) in [6.45, 7) is 3.18. The van der Waals surface area contributed by atoms with Crippen LogP contribution in [0.2, 0.25) is 0 Å². The molecule has 6 heteroatoms. The van der Waals surface area contributed by atoms with E-state index in [1.165, 1.54) is 0 Å². The number of carbonyl (C=O) groups is 1. The number of hydrogen-bond donors (Lipinski definition) is 1. The zero-order valence-corrected chi connectivity index (χ0v) is 17.3. The van der Waals surface area contributed by atoms with Crippen molar-refractivity contribution in [1.82, 2.24) is 4.90 Å². The van der Waals surface area contributed by atoms with Crippen LogP contribution in [0.5, 0.6) is 17.2 Å². The molecular weight excluding hydrogens is 370 g/mol. The van der Waals surface area contributed by atoms with Gasteiger partial charge in [0, 0.05) is 0 Å². The lowest BCUT2D eigenvalue weighted by atomic mass is 9.91. The van der Waals surface area contributed by atoms with Crippen LogP contribution in [-0.4, -0.2) is 49.4 Å². The second-order valence-corrected chi connectivity index (χ2v) is 7.11. The lowest BCUT2D eigenvalue weighted by Crippen LogP contribution is -2.46. The number of benzene rings is 2. The van der Waals surface area contributed by atoms with E-state index >= 15 is 0 Å². The van der Waals surface area contributed by atoms with Gasteiger partial charge in [-0.25, -0.2) is 0 Å². The number of nitrogens with zero attached hydrogens (tertiary/aromatic N) is 1. The minimum absolute atomic E-state index is 0.201. The number of carboxylic acids is 1. The molecule has 1 N–H and O–H groups in total. The number of methoxy groups -OCH3 is 2. The Hall–Kier alpha value is -2.73. The van der Waals surface area contributed by atoms with Crippen molar-refractivity contribution in [2.24, 2.45) is 0 Å². The Labute approximate surface area is 172 Å². The third-order valence-corrected chi connectivity index (χ3v) is 5.40. The fourth-order valence-corrected chi connectivity index (χ4v) is 4.02. The van der Waals surface area contributed by atoms with Crippen molar-refractivity contribution in [3.8, 4) is 17.2 Å². The van der Waals surface area contributed by atoms with Gasteiger partial charge in [-0.1, -0.05) is 24.6 Å². The van der Waals surface area contributed by atoms with Crippen molar-refractivity contribution in [3.05, 3.63) is 53.6 Å². The summed E-state index contributed by atoms with van der Waals surface area (Å²) in [5.41, 5.74) is 2.00. The number of ether oxygens (including phenoxy) is 3. The monoisotopic (exact) mass is 399 g/mol.